The van der Waals surface area contributed by atoms with Gasteiger partial charge in [0, 0.05) is 35.6 Å². The molecule has 3 heterocycles. The zero-order valence-electron chi connectivity index (χ0n) is 15.5. The number of amides is 1. The zero-order valence-corrected chi connectivity index (χ0v) is 16.3. The van der Waals surface area contributed by atoms with Gasteiger partial charge in [0.25, 0.3) is 5.91 Å². The van der Waals surface area contributed by atoms with Crippen LogP contribution in [0.1, 0.15) is 53.3 Å². The number of thiazole rings is 1. The van der Waals surface area contributed by atoms with E-state index in [-0.39, 0.29) is 5.91 Å². The Balaban J connectivity index is 1.42. The molecule has 1 aliphatic rings. The fraction of sp³-hybridized carbons (Fsp3) is 0.381. The molecule has 0 radical (unpaired) electrons. The highest BCUT2D eigenvalue weighted by Gasteiger charge is 2.28. The number of rotatable bonds is 5. The lowest BCUT2D eigenvalue weighted by Crippen LogP contribution is -2.38. The standard InChI is InChI=1S/C21H24N4OS/c1-2-6-19-23-18(14-27-19)21(26)25-11-9-16(10-12-25)20-17(13-22-24-20)15-7-4-3-5-8-15/h3-5,7-8,13-14,16H,2,6,9-12H2,1H3,(H,22,24). The van der Waals surface area contributed by atoms with E-state index in [1.54, 1.807) is 11.3 Å². The highest BCUT2D eigenvalue weighted by molar-refractivity contribution is 7.09. The van der Waals surface area contributed by atoms with Gasteiger partial charge in [-0.25, -0.2) is 4.98 Å². The molecule has 1 saturated heterocycles. The second kappa shape index (κ2) is 8.05. The largest absolute Gasteiger partial charge is 0.337 e. The minimum absolute atomic E-state index is 0.0694. The van der Waals surface area contributed by atoms with Crippen molar-refractivity contribution < 1.29 is 4.79 Å². The highest BCUT2D eigenvalue weighted by atomic mass is 32.1. The van der Waals surface area contributed by atoms with Crippen LogP contribution in [0.3, 0.4) is 0 Å². The average Bonchev–Trinajstić information content (AvgIpc) is 3.38. The summed E-state index contributed by atoms with van der Waals surface area (Å²) >= 11 is 1.59. The lowest BCUT2D eigenvalue weighted by atomic mass is 9.89. The van der Waals surface area contributed by atoms with Crippen LogP contribution in [-0.2, 0) is 6.42 Å². The first-order valence-electron chi connectivity index (χ1n) is 9.58. The minimum atomic E-state index is 0.0694. The minimum Gasteiger partial charge on any atom is -0.337 e. The maximum atomic E-state index is 12.7. The molecular formula is C21H24N4OS. The molecule has 3 aromatic rings. The lowest BCUT2D eigenvalue weighted by Gasteiger charge is -2.31. The Kier molecular flexibility index (Phi) is 5.34. The highest BCUT2D eigenvalue weighted by Crippen LogP contribution is 2.34. The van der Waals surface area contributed by atoms with Crippen LogP contribution in [0.4, 0.5) is 0 Å². The van der Waals surface area contributed by atoms with Crippen LogP contribution in [0.5, 0.6) is 0 Å². The third-order valence-electron chi connectivity index (χ3n) is 5.18. The number of hydrogen-bond acceptors (Lipinski definition) is 4. The van der Waals surface area contributed by atoms with Gasteiger partial charge in [0.1, 0.15) is 5.69 Å². The van der Waals surface area contributed by atoms with Crippen molar-refractivity contribution in [1.82, 2.24) is 20.1 Å². The van der Waals surface area contributed by atoms with Crippen molar-refractivity contribution in [1.29, 1.82) is 0 Å². The third-order valence-corrected chi connectivity index (χ3v) is 6.09. The van der Waals surface area contributed by atoms with Crippen molar-refractivity contribution in [2.45, 2.75) is 38.5 Å². The summed E-state index contributed by atoms with van der Waals surface area (Å²) in [6.07, 6.45) is 5.80. The Hall–Kier alpha value is -2.47. The first-order valence-corrected chi connectivity index (χ1v) is 10.5. The van der Waals surface area contributed by atoms with Gasteiger partial charge in [0.05, 0.1) is 11.2 Å². The van der Waals surface area contributed by atoms with Crippen LogP contribution in [0.2, 0.25) is 0 Å². The summed E-state index contributed by atoms with van der Waals surface area (Å²) in [6.45, 7) is 3.65. The number of piperidine rings is 1. The molecule has 1 fully saturated rings. The number of hydrogen-bond donors (Lipinski definition) is 1. The number of likely N-dealkylation sites (tertiary alicyclic amines) is 1. The van der Waals surface area contributed by atoms with E-state index in [0.29, 0.717) is 11.6 Å². The van der Waals surface area contributed by atoms with Crippen LogP contribution in [-0.4, -0.2) is 39.1 Å². The van der Waals surface area contributed by atoms with E-state index in [2.05, 4.69) is 34.2 Å². The van der Waals surface area contributed by atoms with E-state index in [0.717, 1.165) is 43.8 Å². The monoisotopic (exact) mass is 380 g/mol. The van der Waals surface area contributed by atoms with Gasteiger partial charge in [-0.2, -0.15) is 5.10 Å². The first kappa shape index (κ1) is 17.9. The van der Waals surface area contributed by atoms with E-state index < -0.39 is 0 Å². The number of carbonyl (C=O) groups is 1. The fourth-order valence-electron chi connectivity index (χ4n) is 3.73. The smallest absolute Gasteiger partial charge is 0.273 e. The van der Waals surface area contributed by atoms with E-state index >= 15 is 0 Å². The molecule has 1 amide bonds. The van der Waals surface area contributed by atoms with Crippen molar-refractivity contribution in [2.24, 2.45) is 0 Å². The van der Waals surface area contributed by atoms with Gasteiger partial charge in [-0.1, -0.05) is 37.3 Å². The SMILES string of the molecule is CCCc1nc(C(=O)N2CCC(c3[nH]ncc3-c3ccccc3)CC2)cs1. The molecule has 1 aromatic carbocycles. The van der Waals surface area contributed by atoms with Crippen LogP contribution in [0.15, 0.2) is 41.9 Å². The summed E-state index contributed by atoms with van der Waals surface area (Å²) in [5.41, 5.74) is 4.15. The van der Waals surface area contributed by atoms with E-state index in [1.807, 2.05) is 34.7 Å². The van der Waals surface area contributed by atoms with Crippen LogP contribution in [0, 0.1) is 0 Å². The predicted molar refractivity (Wildman–Crippen MR) is 108 cm³/mol. The number of nitrogens with one attached hydrogen (secondary N) is 1. The lowest BCUT2D eigenvalue weighted by molar-refractivity contribution is 0.0707. The van der Waals surface area contributed by atoms with Crippen molar-refractivity contribution >= 4 is 17.2 Å². The Labute approximate surface area is 163 Å². The maximum Gasteiger partial charge on any atom is 0.273 e. The van der Waals surface area contributed by atoms with Gasteiger partial charge < -0.3 is 4.90 Å². The molecule has 5 nitrogen and oxygen atoms in total. The molecular weight excluding hydrogens is 356 g/mol. The average molecular weight is 381 g/mol. The second-order valence-corrected chi connectivity index (χ2v) is 7.95. The number of benzene rings is 1. The third kappa shape index (κ3) is 3.81. The van der Waals surface area contributed by atoms with Gasteiger partial charge in [-0.3, -0.25) is 9.89 Å². The summed E-state index contributed by atoms with van der Waals surface area (Å²) in [5.74, 6) is 0.470. The molecule has 0 atom stereocenters. The summed E-state index contributed by atoms with van der Waals surface area (Å²) in [7, 11) is 0. The van der Waals surface area contributed by atoms with Gasteiger partial charge in [0.2, 0.25) is 0 Å². The maximum absolute atomic E-state index is 12.7. The van der Waals surface area contributed by atoms with Crippen molar-refractivity contribution in [3.8, 4) is 11.1 Å². The molecule has 0 aliphatic carbocycles. The zero-order chi connectivity index (χ0) is 18.6. The molecule has 6 heteroatoms. The summed E-state index contributed by atoms with van der Waals surface area (Å²) < 4.78 is 0. The quantitative estimate of drug-likeness (QED) is 0.709. The molecule has 27 heavy (non-hydrogen) atoms. The van der Waals surface area contributed by atoms with Gasteiger partial charge in [0.15, 0.2) is 0 Å². The number of nitrogens with zero attached hydrogens (tertiary/aromatic N) is 3. The van der Waals surface area contributed by atoms with Gasteiger partial charge in [-0.15, -0.1) is 11.3 Å². The van der Waals surface area contributed by atoms with E-state index in [1.165, 1.54) is 16.8 Å². The van der Waals surface area contributed by atoms with E-state index in [4.69, 9.17) is 0 Å². The summed E-state index contributed by atoms with van der Waals surface area (Å²) in [4.78, 5) is 19.2. The topological polar surface area (TPSA) is 61.9 Å². The number of carbonyl (C=O) groups excluding carboxylic acids is 1. The first-order chi connectivity index (χ1) is 13.3. The van der Waals surface area contributed by atoms with Crippen LogP contribution in [0.25, 0.3) is 11.1 Å². The molecule has 1 N–H and O–H groups in total. The number of aromatic amines is 1. The van der Waals surface area contributed by atoms with Crippen molar-refractivity contribution in [2.75, 3.05) is 13.1 Å². The number of H-pyrrole nitrogens is 1. The normalized spacial score (nSPS) is 15.2. The Morgan fingerprint density at radius 2 is 2.04 bits per heavy atom. The number of aryl methyl sites for hydroxylation is 1. The summed E-state index contributed by atoms with van der Waals surface area (Å²) in [5, 5.41) is 10.4. The predicted octanol–water partition coefficient (Wildman–Crippen LogP) is 4.51. The molecule has 0 saturated carbocycles. The molecule has 140 valence electrons. The van der Waals surface area contributed by atoms with Crippen LogP contribution < -0.4 is 0 Å². The second-order valence-electron chi connectivity index (χ2n) is 7.01. The molecule has 0 bridgehead atoms. The Bertz CT molecular complexity index is 894. The molecule has 4 rings (SSSR count). The van der Waals surface area contributed by atoms with Crippen LogP contribution >= 0.6 is 11.3 Å². The Morgan fingerprint density at radius 3 is 2.78 bits per heavy atom. The van der Waals surface area contributed by atoms with Gasteiger partial charge in [-0.05, 0) is 31.2 Å². The summed E-state index contributed by atoms with van der Waals surface area (Å²) in [6, 6.07) is 10.4. The molecule has 1 aliphatic heterocycles. The van der Waals surface area contributed by atoms with E-state index in [9.17, 15) is 4.79 Å². The molecule has 0 unspecified atom stereocenters. The van der Waals surface area contributed by atoms with Gasteiger partial charge >= 0.3 is 0 Å². The Morgan fingerprint density at radius 1 is 1.26 bits per heavy atom. The van der Waals surface area contributed by atoms with Crippen molar-refractivity contribution in [3.63, 3.8) is 0 Å². The van der Waals surface area contributed by atoms with Crippen molar-refractivity contribution in [3.05, 3.63) is 58.3 Å². The fourth-order valence-corrected chi connectivity index (χ4v) is 4.60. The molecule has 2 aromatic heterocycles. The number of aromatic nitrogens is 3. The molecule has 0 spiro atoms.